The average molecular weight is 281 g/mol. The highest BCUT2D eigenvalue weighted by molar-refractivity contribution is 5.87. The topological polar surface area (TPSA) is 91.8 Å². The van der Waals surface area contributed by atoms with Crippen LogP contribution in [0.5, 0.6) is 0 Å². The van der Waals surface area contributed by atoms with Crippen molar-refractivity contribution < 1.29 is 19.4 Å². The molecule has 7 heteroatoms. The maximum atomic E-state index is 11.7. The lowest BCUT2D eigenvalue weighted by Gasteiger charge is -2.17. The number of hydrogen-bond acceptors (Lipinski definition) is 4. The number of aromatic nitrogens is 1. The molecule has 0 aliphatic carbocycles. The van der Waals surface area contributed by atoms with Gasteiger partial charge in [0.1, 0.15) is 0 Å². The summed E-state index contributed by atoms with van der Waals surface area (Å²) in [7, 11) is 1.66. The number of ether oxygens (including phenoxy) is 1. The Labute approximate surface area is 117 Å². The molecule has 0 atom stereocenters. The van der Waals surface area contributed by atoms with Gasteiger partial charge in [0.05, 0.1) is 24.4 Å². The van der Waals surface area contributed by atoms with Gasteiger partial charge in [0.25, 0.3) is 0 Å². The summed E-state index contributed by atoms with van der Waals surface area (Å²) in [4.78, 5) is 28.1. The summed E-state index contributed by atoms with van der Waals surface area (Å²) in [6, 6.07) is 2.58. The third kappa shape index (κ3) is 5.23. The number of urea groups is 1. The zero-order valence-electron chi connectivity index (χ0n) is 11.6. The predicted octanol–water partition coefficient (Wildman–Crippen LogP) is 0.958. The Morgan fingerprint density at radius 1 is 1.50 bits per heavy atom. The number of hydrogen-bond donors (Lipinski definition) is 2. The van der Waals surface area contributed by atoms with Gasteiger partial charge >= 0.3 is 12.0 Å². The zero-order chi connectivity index (χ0) is 15.0. The van der Waals surface area contributed by atoms with Crippen molar-refractivity contribution >= 4 is 12.0 Å². The predicted molar refractivity (Wildman–Crippen MR) is 72.6 cm³/mol. The van der Waals surface area contributed by atoms with E-state index >= 15 is 0 Å². The third-order valence-corrected chi connectivity index (χ3v) is 2.61. The smallest absolute Gasteiger partial charge is 0.335 e. The highest BCUT2D eigenvalue weighted by Crippen LogP contribution is 2.01. The molecule has 1 aromatic rings. The van der Waals surface area contributed by atoms with Crippen molar-refractivity contribution in [3.05, 3.63) is 29.6 Å². The number of carbonyl (C=O) groups excluding carboxylic acids is 1. The SMILES string of the molecule is CCOCCN(C)C(=O)NCc1cc(C(=O)O)ccn1. The summed E-state index contributed by atoms with van der Waals surface area (Å²) < 4.78 is 5.16. The number of carboxylic acids is 1. The van der Waals surface area contributed by atoms with Crippen LogP contribution in [-0.2, 0) is 11.3 Å². The molecule has 7 nitrogen and oxygen atoms in total. The fourth-order valence-electron chi connectivity index (χ4n) is 1.46. The molecule has 1 heterocycles. The second-order valence-electron chi connectivity index (χ2n) is 4.12. The number of carboxylic acid groups (broad SMARTS) is 1. The van der Waals surface area contributed by atoms with E-state index in [0.29, 0.717) is 25.5 Å². The van der Waals surface area contributed by atoms with E-state index in [1.165, 1.54) is 23.2 Å². The van der Waals surface area contributed by atoms with Gasteiger partial charge in [0.2, 0.25) is 0 Å². The first kappa shape index (κ1) is 15.9. The molecule has 1 aromatic heterocycles. The lowest BCUT2D eigenvalue weighted by Crippen LogP contribution is -2.38. The van der Waals surface area contributed by atoms with E-state index in [0.717, 1.165) is 0 Å². The van der Waals surface area contributed by atoms with Crippen molar-refractivity contribution in [2.45, 2.75) is 13.5 Å². The molecule has 0 aliphatic heterocycles. The quantitative estimate of drug-likeness (QED) is 0.726. The Bertz CT molecular complexity index is 465. The van der Waals surface area contributed by atoms with Crippen LogP contribution >= 0.6 is 0 Å². The molecule has 0 saturated heterocycles. The van der Waals surface area contributed by atoms with Gasteiger partial charge in [0, 0.05) is 26.4 Å². The normalized spacial score (nSPS) is 10.1. The van der Waals surface area contributed by atoms with E-state index in [1.54, 1.807) is 7.05 Å². The minimum atomic E-state index is -1.02. The molecule has 0 saturated carbocycles. The first-order valence-electron chi connectivity index (χ1n) is 6.29. The highest BCUT2D eigenvalue weighted by Gasteiger charge is 2.09. The summed E-state index contributed by atoms with van der Waals surface area (Å²) in [6.07, 6.45) is 1.41. The van der Waals surface area contributed by atoms with Crippen LogP contribution in [0.2, 0.25) is 0 Å². The molecule has 2 N–H and O–H groups in total. The minimum Gasteiger partial charge on any atom is -0.478 e. The van der Waals surface area contributed by atoms with E-state index in [9.17, 15) is 9.59 Å². The molecule has 2 amide bonds. The monoisotopic (exact) mass is 281 g/mol. The highest BCUT2D eigenvalue weighted by atomic mass is 16.5. The van der Waals surface area contributed by atoms with Crippen molar-refractivity contribution in [3.63, 3.8) is 0 Å². The number of pyridine rings is 1. The zero-order valence-corrected chi connectivity index (χ0v) is 11.6. The number of aromatic carboxylic acids is 1. The summed E-state index contributed by atoms with van der Waals surface area (Å²) >= 11 is 0. The lowest BCUT2D eigenvalue weighted by molar-refractivity contribution is 0.0696. The largest absolute Gasteiger partial charge is 0.478 e. The Balaban J connectivity index is 2.44. The number of nitrogens with one attached hydrogen (secondary N) is 1. The van der Waals surface area contributed by atoms with E-state index in [2.05, 4.69) is 10.3 Å². The van der Waals surface area contributed by atoms with E-state index in [-0.39, 0.29) is 18.1 Å². The van der Waals surface area contributed by atoms with Crippen LogP contribution in [0.1, 0.15) is 23.0 Å². The van der Waals surface area contributed by atoms with Gasteiger partial charge < -0.3 is 20.1 Å². The Morgan fingerprint density at radius 2 is 2.25 bits per heavy atom. The molecular formula is C13H19N3O4. The van der Waals surface area contributed by atoms with Crippen molar-refractivity contribution in [2.75, 3.05) is 26.8 Å². The van der Waals surface area contributed by atoms with Crippen LogP contribution in [0, 0.1) is 0 Å². The van der Waals surface area contributed by atoms with E-state index in [1.807, 2.05) is 6.92 Å². The maximum Gasteiger partial charge on any atom is 0.335 e. The van der Waals surface area contributed by atoms with Gasteiger partial charge in [-0.3, -0.25) is 4.98 Å². The van der Waals surface area contributed by atoms with Gasteiger partial charge in [-0.1, -0.05) is 0 Å². The lowest BCUT2D eigenvalue weighted by atomic mass is 10.2. The van der Waals surface area contributed by atoms with Crippen LogP contribution in [0.3, 0.4) is 0 Å². The van der Waals surface area contributed by atoms with Gasteiger partial charge in [0.15, 0.2) is 0 Å². The van der Waals surface area contributed by atoms with Crippen molar-refractivity contribution in [2.24, 2.45) is 0 Å². The Morgan fingerprint density at radius 3 is 2.90 bits per heavy atom. The molecule has 0 spiro atoms. The van der Waals surface area contributed by atoms with Gasteiger partial charge in [-0.25, -0.2) is 9.59 Å². The molecule has 1 rings (SSSR count). The number of nitrogens with zero attached hydrogens (tertiary/aromatic N) is 2. The van der Waals surface area contributed by atoms with Crippen LogP contribution in [0.25, 0.3) is 0 Å². The van der Waals surface area contributed by atoms with Gasteiger partial charge in [-0.2, -0.15) is 0 Å². The van der Waals surface area contributed by atoms with Crippen LogP contribution in [0.4, 0.5) is 4.79 Å². The molecule has 0 unspecified atom stereocenters. The Kier molecular flexibility index (Phi) is 6.45. The second kappa shape index (κ2) is 8.11. The number of carbonyl (C=O) groups is 2. The number of rotatable bonds is 7. The van der Waals surface area contributed by atoms with Crippen molar-refractivity contribution in [1.82, 2.24) is 15.2 Å². The Hall–Kier alpha value is -2.15. The van der Waals surface area contributed by atoms with Crippen LogP contribution < -0.4 is 5.32 Å². The standard InChI is InChI=1S/C13H19N3O4/c1-3-20-7-6-16(2)13(19)15-9-11-8-10(12(17)18)4-5-14-11/h4-5,8H,3,6-7,9H2,1-2H3,(H,15,19)(H,17,18). The number of likely N-dealkylation sites (N-methyl/N-ethyl adjacent to an activating group) is 1. The maximum absolute atomic E-state index is 11.7. The molecule has 0 bridgehead atoms. The van der Waals surface area contributed by atoms with E-state index in [4.69, 9.17) is 9.84 Å². The van der Waals surface area contributed by atoms with Crippen molar-refractivity contribution in [1.29, 1.82) is 0 Å². The fourth-order valence-corrected chi connectivity index (χ4v) is 1.46. The first-order valence-corrected chi connectivity index (χ1v) is 6.29. The number of amides is 2. The molecule has 110 valence electrons. The summed E-state index contributed by atoms with van der Waals surface area (Å²) in [6.45, 7) is 3.65. The van der Waals surface area contributed by atoms with E-state index < -0.39 is 5.97 Å². The average Bonchev–Trinajstić information content (AvgIpc) is 2.45. The van der Waals surface area contributed by atoms with Crippen LogP contribution in [0.15, 0.2) is 18.3 Å². The molecule has 20 heavy (non-hydrogen) atoms. The van der Waals surface area contributed by atoms with Gasteiger partial charge in [-0.15, -0.1) is 0 Å². The molecular weight excluding hydrogens is 262 g/mol. The third-order valence-electron chi connectivity index (χ3n) is 2.61. The molecule has 0 fully saturated rings. The summed E-state index contributed by atoms with van der Waals surface area (Å²) in [5, 5.41) is 11.5. The molecule has 0 aromatic carbocycles. The molecule has 0 aliphatic rings. The second-order valence-corrected chi connectivity index (χ2v) is 4.12. The van der Waals surface area contributed by atoms with Gasteiger partial charge in [-0.05, 0) is 19.1 Å². The summed E-state index contributed by atoms with van der Waals surface area (Å²) in [5.74, 6) is -1.02. The summed E-state index contributed by atoms with van der Waals surface area (Å²) in [5.41, 5.74) is 0.644. The first-order chi connectivity index (χ1) is 9.54. The van der Waals surface area contributed by atoms with Crippen LogP contribution in [-0.4, -0.2) is 53.8 Å². The minimum absolute atomic E-state index is 0.147. The van der Waals surface area contributed by atoms with Crippen molar-refractivity contribution in [3.8, 4) is 0 Å². The molecule has 0 radical (unpaired) electrons. The fraction of sp³-hybridized carbons (Fsp3) is 0.462.